The number of pyridine rings is 1. The molecule has 0 atom stereocenters. The number of halogens is 1. The van der Waals surface area contributed by atoms with Gasteiger partial charge >= 0.3 is 0 Å². The third-order valence-electron chi connectivity index (χ3n) is 2.74. The number of aromatic nitrogens is 1. The fraction of sp³-hybridized carbons (Fsp3) is 0.154. The van der Waals surface area contributed by atoms with E-state index in [1.165, 1.54) is 5.56 Å². The van der Waals surface area contributed by atoms with Gasteiger partial charge in [-0.1, -0.05) is 11.6 Å². The first-order valence-electron chi connectivity index (χ1n) is 5.12. The molecule has 2 heterocycles. The number of aryl methyl sites for hydroxylation is 1. The molecule has 1 aliphatic heterocycles. The van der Waals surface area contributed by atoms with Crippen LogP contribution in [0.5, 0.6) is 5.75 Å². The first-order chi connectivity index (χ1) is 7.74. The van der Waals surface area contributed by atoms with Gasteiger partial charge in [-0.25, -0.2) is 0 Å². The minimum absolute atomic E-state index is 0.565. The van der Waals surface area contributed by atoms with Gasteiger partial charge in [0.15, 0.2) is 0 Å². The summed E-state index contributed by atoms with van der Waals surface area (Å²) in [7, 11) is 0. The third kappa shape index (κ3) is 1.46. The number of rotatable bonds is 0. The number of benzene rings is 1. The van der Waals surface area contributed by atoms with Gasteiger partial charge in [-0.2, -0.15) is 0 Å². The van der Waals surface area contributed by atoms with Crippen LogP contribution in [0.1, 0.15) is 11.3 Å². The van der Waals surface area contributed by atoms with Gasteiger partial charge in [0.1, 0.15) is 12.4 Å². The van der Waals surface area contributed by atoms with Crippen molar-refractivity contribution < 1.29 is 4.74 Å². The molecule has 16 heavy (non-hydrogen) atoms. The summed E-state index contributed by atoms with van der Waals surface area (Å²) in [6.07, 6.45) is 1.88. The largest absolute Gasteiger partial charge is 0.488 e. The first-order valence-corrected chi connectivity index (χ1v) is 5.50. The Morgan fingerprint density at radius 2 is 2.12 bits per heavy atom. The molecule has 1 aliphatic rings. The van der Waals surface area contributed by atoms with Crippen molar-refractivity contribution in [2.75, 3.05) is 0 Å². The van der Waals surface area contributed by atoms with Crippen LogP contribution in [-0.2, 0) is 6.61 Å². The van der Waals surface area contributed by atoms with E-state index in [0.29, 0.717) is 11.6 Å². The van der Waals surface area contributed by atoms with Crippen LogP contribution in [-0.4, -0.2) is 4.98 Å². The lowest BCUT2D eigenvalue weighted by atomic mass is 9.98. The van der Waals surface area contributed by atoms with E-state index in [-0.39, 0.29) is 0 Å². The average molecular weight is 232 g/mol. The smallest absolute Gasteiger partial charge is 0.129 e. The van der Waals surface area contributed by atoms with Crippen molar-refractivity contribution in [2.45, 2.75) is 13.5 Å². The molecule has 0 bridgehead atoms. The molecule has 0 amide bonds. The van der Waals surface area contributed by atoms with Gasteiger partial charge in [0.05, 0.1) is 0 Å². The molecule has 0 aliphatic carbocycles. The summed E-state index contributed by atoms with van der Waals surface area (Å²) in [5.74, 6) is 0.852. The van der Waals surface area contributed by atoms with Gasteiger partial charge in [0.25, 0.3) is 0 Å². The fourth-order valence-corrected chi connectivity index (χ4v) is 2.11. The highest BCUT2D eigenvalue weighted by atomic mass is 35.5. The predicted molar refractivity (Wildman–Crippen MR) is 63.8 cm³/mol. The third-order valence-corrected chi connectivity index (χ3v) is 2.98. The predicted octanol–water partition coefficient (Wildman–Crippen LogP) is 3.60. The lowest BCUT2D eigenvalue weighted by molar-refractivity contribution is 0.302. The second-order valence-corrected chi connectivity index (χ2v) is 4.35. The van der Waals surface area contributed by atoms with Crippen molar-refractivity contribution in [1.29, 1.82) is 0 Å². The molecule has 0 radical (unpaired) electrons. The topological polar surface area (TPSA) is 22.1 Å². The number of hydrogen-bond donors (Lipinski definition) is 0. The number of hydrogen-bond acceptors (Lipinski definition) is 2. The molecule has 3 rings (SSSR count). The van der Waals surface area contributed by atoms with Crippen LogP contribution in [0.2, 0.25) is 5.02 Å². The Balaban J connectivity index is 2.25. The summed E-state index contributed by atoms with van der Waals surface area (Å²) >= 11 is 5.94. The quantitative estimate of drug-likeness (QED) is 0.691. The monoisotopic (exact) mass is 231 g/mol. The summed E-state index contributed by atoms with van der Waals surface area (Å²) in [4.78, 5) is 4.28. The highest BCUT2D eigenvalue weighted by Crippen LogP contribution is 2.38. The molecule has 0 saturated heterocycles. The normalized spacial score (nSPS) is 12.6. The molecule has 2 aromatic rings. The highest BCUT2D eigenvalue weighted by molar-refractivity contribution is 6.30. The van der Waals surface area contributed by atoms with E-state index in [9.17, 15) is 0 Å². The van der Waals surface area contributed by atoms with E-state index in [2.05, 4.69) is 11.1 Å². The summed E-state index contributed by atoms with van der Waals surface area (Å²) in [6, 6.07) is 7.82. The Morgan fingerprint density at radius 1 is 1.25 bits per heavy atom. The van der Waals surface area contributed by atoms with Gasteiger partial charge in [0.2, 0.25) is 0 Å². The van der Waals surface area contributed by atoms with E-state index >= 15 is 0 Å². The van der Waals surface area contributed by atoms with Crippen LogP contribution >= 0.6 is 11.6 Å². The Kier molecular flexibility index (Phi) is 2.11. The van der Waals surface area contributed by atoms with Crippen LogP contribution in [0, 0.1) is 6.92 Å². The summed E-state index contributed by atoms with van der Waals surface area (Å²) in [5, 5.41) is 0.702. The van der Waals surface area contributed by atoms with E-state index in [1.807, 2.05) is 31.3 Å². The lowest BCUT2D eigenvalue weighted by Crippen LogP contribution is -2.06. The van der Waals surface area contributed by atoms with E-state index in [4.69, 9.17) is 16.3 Å². The minimum Gasteiger partial charge on any atom is -0.488 e. The molecule has 0 unspecified atom stereocenters. The second kappa shape index (κ2) is 3.49. The van der Waals surface area contributed by atoms with Crippen molar-refractivity contribution in [1.82, 2.24) is 4.98 Å². The van der Waals surface area contributed by atoms with Crippen molar-refractivity contribution in [2.24, 2.45) is 0 Å². The van der Waals surface area contributed by atoms with Gasteiger partial charge in [-0.05, 0) is 36.8 Å². The molecule has 0 fully saturated rings. The average Bonchev–Trinajstić information content (AvgIpc) is 2.28. The van der Waals surface area contributed by atoms with Gasteiger partial charge in [0, 0.05) is 28.0 Å². The molecule has 1 aromatic heterocycles. The van der Waals surface area contributed by atoms with Crippen LogP contribution < -0.4 is 4.74 Å². The summed E-state index contributed by atoms with van der Waals surface area (Å²) in [5.41, 5.74) is 4.43. The molecule has 3 heteroatoms. The molecule has 2 nitrogen and oxygen atoms in total. The summed E-state index contributed by atoms with van der Waals surface area (Å²) in [6.45, 7) is 2.56. The second-order valence-electron chi connectivity index (χ2n) is 3.91. The van der Waals surface area contributed by atoms with Gasteiger partial charge in [-0.15, -0.1) is 0 Å². The zero-order valence-corrected chi connectivity index (χ0v) is 9.58. The first kappa shape index (κ1) is 9.67. The minimum atomic E-state index is 0.565. The Bertz CT molecular complexity index is 566. The highest BCUT2D eigenvalue weighted by Gasteiger charge is 2.17. The van der Waals surface area contributed by atoms with Crippen LogP contribution in [0.15, 0.2) is 30.5 Å². The van der Waals surface area contributed by atoms with Crippen molar-refractivity contribution in [3.8, 4) is 16.9 Å². The molecule has 0 saturated carbocycles. The van der Waals surface area contributed by atoms with Crippen molar-refractivity contribution in [3.63, 3.8) is 0 Å². The Labute approximate surface area is 98.8 Å². The molecule has 1 aromatic carbocycles. The van der Waals surface area contributed by atoms with Gasteiger partial charge < -0.3 is 4.74 Å². The van der Waals surface area contributed by atoms with E-state index < -0.39 is 0 Å². The standard InChI is InChI=1S/C13H10ClNO/c1-8-4-12-9(6-15-8)7-16-13-5-10(14)2-3-11(12)13/h2-6H,7H2,1H3. The SMILES string of the molecule is Cc1cc2c(cn1)COc1cc(Cl)ccc1-2. The number of ether oxygens (including phenoxy) is 1. The summed E-state index contributed by atoms with van der Waals surface area (Å²) < 4.78 is 5.65. The molecular formula is C13H10ClNO. The van der Waals surface area contributed by atoms with E-state index in [0.717, 1.165) is 22.6 Å². The Morgan fingerprint density at radius 3 is 3.00 bits per heavy atom. The van der Waals surface area contributed by atoms with Crippen LogP contribution in [0.3, 0.4) is 0 Å². The number of fused-ring (bicyclic) bond motifs is 3. The maximum absolute atomic E-state index is 5.94. The van der Waals surface area contributed by atoms with Crippen molar-refractivity contribution >= 4 is 11.6 Å². The maximum atomic E-state index is 5.94. The van der Waals surface area contributed by atoms with Gasteiger partial charge in [-0.3, -0.25) is 4.98 Å². The molecule has 80 valence electrons. The molecule has 0 spiro atoms. The van der Waals surface area contributed by atoms with E-state index in [1.54, 1.807) is 0 Å². The van der Waals surface area contributed by atoms with Crippen LogP contribution in [0.4, 0.5) is 0 Å². The lowest BCUT2D eigenvalue weighted by Gasteiger charge is -2.20. The molecular weight excluding hydrogens is 222 g/mol. The zero-order valence-electron chi connectivity index (χ0n) is 8.83. The maximum Gasteiger partial charge on any atom is 0.129 e. The Hall–Kier alpha value is -1.54. The van der Waals surface area contributed by atoms with Crippen molar-refractivity contribution in [3.05, 3.63) is 46.7 Å². The number of nitrogens with zero attached hydrogens (tertiary/aromatic N) is 1. The fourth-order valence-electron chi connectivity index (χ4n) is 1.95. The molecule has 0 N–H and O–H groups in total. The van der Waals surface area contributed by atoms with Crippen LogP contribution in [0.25, 0.3) is 11.1 Å². The zero-order chi connectivity index (χ0) is 11.1.